The van der Waals surface area contributed by atoms with E-state index in [9.17, 15) is 5.11 Å². The lowest BCUT2D eigenvalue weighted by molar-refractivity contribution is -0.688. The van der Waals surface area contributed by atoms with Gasteiger partial charge in [-0.25, -0.2) is 4.90 Å². The van der Waals surface area contributed by atoms with Gasteiger partial charge in [0.2, 0.25) is 0 Å². The van der Waals surface area contributed by atoms with E-state index in [-0.39, 0.29) is 30.4 Å². The molecule has 0 spiro atoms. The molecular weight excluding hydrogens is 232 g/mol. The van der Waals surface area contributed by atoms with Crippen LogP contribution in [0.15, 0.2) is 0 Å². The molecule has 106 valence electrons. The first-order chi connectivity index (χ1) is 8.69. The number of aliphatic hydroxyl groups excluding tert-OH is 1. The first-order valence-electron chi connectivity index (χ1n) is 6.96. The van der Waals surface area contributed by atoms with Gasteiger partial charge in [0, 0.05) is 20.1 Å². The zero-order chi connectivity index (χ0) is 13.1. The number of quaternary nitrogens is 1. The van der Waals surface area contributed by atoms with Gasteiger partial charge in [0.15, 0.2) is 6.17 Å². The average molecular weight is 259 g/mol. The van der Waals surface area contributed by atoms with Gasteiger partial charge in [-0.3, -0.25) is 0 Å². The Hall–Kier alpha value is -0.200. The summed E-state index contributed by atoms with van der Waals surface area (Å²) in [4.78, 5) is 2.23. The standard InChI is InChI=1S/C13H26N2O3/c1-15-8-7-14-13(15)11(16)9-5-4-6-10(17-2)12(9)18-3/h9-14,16H,4-8H2,1-3H3/p+1/t9?,10?,11-,12?,13?/m0/s1. The molecule has 1 aliphatic carbocycles. The summed E-state index contributed by atoms with van der Waals surface area (Å²) in [5.74, 6) is 0.176. The van der Waals surface area contributed by atoms with Crippen molar-refractivity contribution in [2.45, 2.75) is 43.7 Å². The van der Waals surface area contributed by atoms with E-state index in [1.54, 1.807) is 14.2 Å². The zero-order valence-electron chi connectivity index (χ0n) is 11.7. The zero-order valence-corrected chi connectivity index (χ0v) is 11.7. The fourth-order valence-electron chi connectivity index (χ4n) is 3.53. The molecule has 0 bridgehead atoms. The Kier molecular flexibility index (Phi) is 4.98. The topological polar surface area (TPSA) is 58.5 Å². The fraction of sp³-hybridized carbons (Fsp3) is 1.00. The molecule has 1 saturated heterocycles. The summed E-state index contributed by atoms with van der Waals surface area (Å²) in [6, 6.07) is 0. The van der Waals surface area contributed by atoms with E-state index in [1.807, 2.05) is 0 Å². The SMILES string of the molecule is COC1CCCC([C@H](O)C2[NH2+]CCN2C)C1OC. The average Bonchev–Trinajstić information content (AvgIpc) is 2.83. The van der Waals surface area contributed by atoms with E-state index in [0.29, 0.717) is 0 Å². The Bertz CT molecular complexity index is 265. The van der Waals surface area contributed by atoms with Crippen molar-refractivity contribution in [3.8, 4) is 0 Å². The molecule has 5 heteroatoms. The molecule has 1 aliphatic heterocycles. The van der Waals surface area contributed by atoms with E-state index in [2.05, 4.69) is 17.3 Å². The Morgan fingerprint density at radius 1 is 1.28 bits per heavy atom. The Morgan fingerprint density at radius 2 is 2.06 bits per heavy atom. The van der Waals surface area contributed by atoms with E-state index < -0.39 is 0 Å². The van der Waals surface area contributed by atoms with Gasteiger partial charge in [-0.15, -0.1) is 0 Å². The maximum atomic E-state index is 10.7. The van der Waals surface area contributed by atoms with Crippen molar-refractivity contribution in [3.05, 3.63) is 0 Å². The molecule has 0 aromatic heterocycles. The fourth-order valence-corrected chi connectivity index (χ4v) is 3.53. The summed E-state index contributed by atoms with van der Waals surface area (Å²) >= 11 is 0. The Labute approximate surface area is 109 Å². The third kappa shape index (κ3) is 2.70. The van der Waals surface area contributed by atoms with Gasteiger partial charge in [0.25, 0.3) is 0 Å². The van der Waals surface area contributed by atoms with Crippen molar-refractivity contribution in [2.75, 3.05) is 34.4 Å². The molecule has 3 N–H and O–H groups in total. The second kappa shape index (κ2) is 6.30. The van der Waals surface area contributed by atoms with Gasteiger partial charge < -0.3 is 19.9 Å². The number of nitrogens with two attached hydrogens (primary N) is 1. The van der Waals surface area contributed by atoms with Crippen LogP contribution in [0, 0.1) is 5.92 Å². The molecule has 5 atom stereocenters. The summed E-state index contributed by atoms with van der Waals surface area (Å²) in [5.41, 5.74) is 0. The van der Waals surface area contributed by atoms with Crippen LogP contribution in [0.2, 0.25) is 0 Å². The molecule has 1 saturated carbocycles. The third-order valence-corrected chi connectivity index (χ3v) is 4.58. The minimum absolute atomic E-state index is 0.0150. The minimum atomic E-state index is -0.347. The van der Waals surface area contributed by atoms with Crippen molar-refractivity contribution >= 4 is 0 Å². The molecule has 5 nitrogen and oxygen atoms in total. The van der Waals surface area contributed by atoms with Crippen molar-refractivity contribution in [2.24, 2.45) is 5.92 Å². The van der Waals surface area contributed by atoms with Crippen LogP contribution in [-0.2, 0) is 9.47 Å². The number of ether oxygens (including phenoxy) is 2. The molecule has 1 heterocycles. The Morgan fingerprint density at radius 3 is 2.61 bits per heavy atom. The van der Waals surface area contributed by atoms with Crippen LogP contribution >= 0.6 is 0 Å². The van der Waals surface area contributed by atoms with Crippen LogP contribution in [-0.4, -0.2) is 68.8 Å². The van der Waals surface area contributed by atoms with Crippen molar-refractivity contribution < 1.29 is 19.9 Å². The summed E-state index contributed by atoms with van der Waals surface area (Å²) in [6.07, 6.45) is 3.12. The second-order valence-electron chi connectivity index (χ2n) is 5.56. The van der Waals surface area contributed by atoms with Gasteiger partial charge in [-0.05, 0) is 19.9 Å². The van der Waals surface area contributed by atoms with E-state index >= 15 is 0 Å². The summed E-state index contributed by atoms with van der Waals surface area (Å²) < 4.78 is 11.1. The van der Waals surface area contributed by atoms with Crippen LogP contribution < -0.4 is 5.32 Å². The number of methoxy groups -OCH3 is 2. The third-order valence-electron chi connectivity index (χ3n) is 4.58. The highest BCUT2D eigenvalue weighted by Crippen LogP contribution is 2.32. The lowest BCUT2D eigenvalue weighted by Gasteiger charge is -2.40. The molecule has 0 aromatic rings. The van der Waals surface area contributed by atoms with Crippen molar-refractivity contribution in [1.29, 1.82) is 0 Å². The summed E-state index contributed by atoms with van der Waals surface area (Å²) in [7, 11) is 5.54. The smallest absolute Gasteiger partial charge is 0.169 e. The largest absolute Gasteiger partial charge is 0.385 e. The highest BCUT2D eigenvalue weighted by atomic mass is 16.5. The highest BCUT2D eigenvalue weighted by Gasteiger charge is 2.44. The van der Waals surface area contributed by atoms with E-state index in [0.717, 1.165) is 32.4 Å². The number of hydrogen-bond acceptors (Lipinski definition) is 4. The molecule has 0 aromatic carbocycles. The second-order valence-corrected chi connectivity index (χ2v) is 5.56. The predicted octanol–water partition coefficient (Wildman–Crippen LogP) is -0.988. The highest BCUT2D eigenvalue weighted by molar-refractivity contribution is 4.90. The molecular formula is C13H27N2O3+. The predicted molar refractivity (Wildman–Crippen MR) is 68.2 cm³/mol. The van der Waals surface area contributed by atoms with Crippen molar-refractivity contribution in [1.82, 2.24) is 4.90 Å². The number of nitrogens with zero attached hydrogens (tertiary/aromatic N) is 1. The van der Waals surface area contributed by atoms with Crippen molar-refractivity contribution in [3.63, 3.8) is 0 Å². The van der Waals surface area contributed by atoms with Crippen LogP contribution in [0.4, 0.5) is 0 Å². The van der Waals surface area contributed by atoms with E-state index in [4.69, 9.17) is 9.47 Å². The lowest BCUT2D eigenvalue weighted by Crippen LogP contribution is -2.91. The van der Waals surface area contributed by atoms with Crippen LogP contribution in [0.5, 0.6) is 0 Å². The minimum Gasteiger partial charge on any atom is -0.385 e. The normalized spacial score (nSPS) is 40.0. The number of aliphatic hydroxyl groups is 1. The van der Waals surface area contributed by atoms with Crippen LogP contribution in [0.25, 0.3) is 0 Å². The Balaban J connectivity index is 2.04. The molecule has 2 rings (SSSR count). The van der Waals surface area contributed by atoms with Gasteiger partial charge in [-0.1, -0.05) is 6.42 Å². The molecule has 2 fully saturated rings. The lowest BCUT2D eigenvalue weighted by atomic mass is 9.79. The maximum Gasteiger partial charge on any atom is 0.169 e. The number of likely N-dealkylation sites (N-methyl/N-ethyl adjacent to an activating group) is 1. The van der Waals surface area contributed by atoms with Gasteiger partial charge in [0.05, 0.1) is 25.3 Å². The number of rotatable bonds is 4. The first-order valence-corrected chi connectivity index (χ1v) is 6.96. The quantitative estimate of drug-likeness (QED) is 0.681. The summed E-state index contributed by atoms with van der Waals surface area (Å²) in [5, 5.41) is 12.9. The first kappa shape index (κ1) is 14.2. The molecule has 2 aliphatic rings. The van der Waals surface area contributed by atoms with Crippen LogP contribution in [0.1, 0.15) is 19.3 Å². The molecule has 18 heavy (non-hydrogen) atoms. The van der Waals surface area contributed by atoms with Gasteiger partial charge in [0.1, 0.15) is 6.10 Å². The monoisotopic (exact) mass is 259 g/mol. The molecule has 0 radical (unpaired) electrons. The van der Waals surface area contributed by atoms with Crippen LogP contribution in [0.3, 0.4) is 0 Å². The molecule has 4 unspecified atom stereocenters. The van der Waals surface area contributed by atoms with Gasteiger partial charge >= 0.3 is 0 Å². The summed E-state index contributed by atoms with van der Waals surface area (Å²) in [6.45, 7) is 2.11. The molecule has 0 amide bonds. The maximum absolute atomic E-state index is 10.7. The van der Waals surface area contributed by atoms with Gasteiger partial charge in [-0.2, -0.15) is 0 Å². The number of hydrogen-bond donors (Lipinski definition) is 2. The van der Waals surface area contributed by atoms with E-state index in [1.165, 1.54) is 0 Å².